The normalized spacial score (nSPS) is 10.2. The SMILES string of the molecule is CCOC(=O)Cc1ccc(C)c(C(=O)CCBr)c1. The van der Waals surface area contributed by atoms with Gasteiger partial charge in [-0.15, -0.1) is 0 Å². The summed E-state index contributed by atoms with van der Waals surface area (Å²) in [4.78, 5) is 23.3. The first kappa shape index (κ1) is 14.9. The Morgan fingerprint density at radius 3 is 2.67 bits per heavy atom. The fourth-order valence-corrected chi connectivity index (χ4v) is 2.04. The Bertz CT molecular complexity index is 441. The number of carbonyl (C=O) groups is 2. The van der Waals surface area contributed by atoms with Crippen LogP contribution in [0.3, 0.4) is 0 Å². The maximum atomic E-state index is 11.9. The summed E-state index contributed by atoms with van der Waals surface area (Å²) in [6, 6.07) is 5.52. The highest BCUT2D eigenvalue weighted by molar-refractivity contribution is 9.09. The molecule has 1 aromatic rings. The fourth-order valence-electron chi connectivity index (χ4n) is 1.68. The van der Waals surface area contributed by atoms with Gasteiger partial charge in [-0.1, -0.05) is 28.1 Å². The Morgan fingerprint density at radius 1 is 1.33 bits per heavy atom. The van der Waals surface area contributed by atoms with Gasteiger partial charge in [0.05, 0.1) is 13.0 Å². The van der Waals surface area contributed by atoms with Gasteiger partial charge in [0.2, 0.25) is 0 Å². The molecule has 18 heavy (non-hydrogen) atoms. The summed E-state index contributed by atoms with van der Waals surface area (Å²) < 4.78 is 4.89. The molecule has 4 heteroatoms. The summed E-state index contributed by atoms with van der Waals surface area (Å²) in [6.45, 7) is 4.05. The molecule has 0 radical (unpaired) electrons. The van der Waals surface area contributed by atoms with Crippen molar-refractivity contribution in [2.75, 3.05) is 11.9 Å². The molecule has 0 amide bonds. The Hall–Kier alpha value is -1.16. The van der Waals surface area contributed by atoms with E-state index in [0.717, 1.165) is 11.1 Å². The van der Waals surface area contributed by atoms with Crippen LogP contribution in [-0.4, -0.2) is 23.7 Å². The lowest BCUT2D eigenvalue weighted by molar-refractivity contribution is -0.142. The molecule has 0 N–H and O–H groups in total. The maximum Gasteiger partial charge on any atom is 0.310 e. The lowest BCUT2D eigenvalue weighted by Crippen LogP contribution is -2.09. The van der Waals surface area contributed by atoms with Crippen molar-refractivity contribution in [3.05, 3.63) is 34.9 Å². The third kappa shape index (κ3) is 4.26. The molecule has 0 atom stereocenters. The van der Waals surface area contributed by atoms with Gasteiger partial charge in [-0.05, 0) is 31.0 Å². The van der Waals surface area contributed by atoms with E-state index in [1.54, 1.807) is 13.0 Å². The standard InChI is InChI=1S/C14H17BrO3/c1-3-18-14(17)9-11-5-4-10(2)12(8-11)13(16)6-7-15/h4-5,8H,3,6-7,9H2,1-2H3. The van der Waals surface area contributed by atoms with Gasteiger partial charge in [-0.3, -0.25) is 9.59 Å². The van der Waals surface area contributed by atoms with Crippen LogP contribution < -0.4 is 0 Å². The Kier molecular flexibility index (Phi) is 6.05. The van der Waals surface area contributed by atoms with Gasteiger partial charge < -0.3 is 4.74 Å². The van der Waals surface area contributed by atoms with Crippen LogP contribution in [0.15, 0.2) is 18.2 Å². The van der Waals surface area contributed by atoms with Crippen LogP contribution in [0.2, 0.25) is 0 Å². The van der Waals surface area contributed by atoms with E-state index in [4.69, 9.17) is 4.74 Å². The molecule has 0 spiro atoms. The van der Waals surface area contributed by atoms with Gasteiger partial charge in [-0.2, -0.15) is 0 Å². The minimum absolute atomic E-state index is 0.0927. The van der Waals surface area contributed by atoms with Gasteiger partial charge in [0.25, 0.3) is 0 Å². The van der Waals surface area contributed by atoms with Crippen molar-refractivity contribution in [1.29, 1.82) is 0 Å². The molecule has 0 aliphatic carbocycles. The number of ketones is 1. The van der Waals surface area contributed by atoms with Crippen molar-refractivity contribution >= 4 is 27.7 Å². The van der Waals surface area contributed by atoms with Crippen LogP contribution in [0.1, 0.15) is 34.8 Å². The molecular formula is C14H17BrO3. The molecule has 0 saturated heterocycles. The van der Waals surface area contributed by atoms with Crippen molar-refractivity contribution in [3.8, 4) is 0 Å². The number of Topliss-reactive ketones (excluding diaryl/α,β-unsaturated/α-hetero) is 1. The number of alkyl halides is 1. The molecule has 1 aromatic carbocycles. The molecule has 3 nitrogen and oxygen atoms in total. The van der Waals surface area contributed by atoms with Crippen LogP contribution in [0, 0.1) is 6.92 Å². The summed E-state index contributed by atoms with van der Waals surface area (Å²) in [5, 5.41) is 0.646. The van der Waals surface area contributed by atoms with Gasteiger partial charge >= 0.3 is 5.97 Å². The number of halogens is 1. The summed E-state index contributed by atoms with van der Waals surface area (Å²) in [5.74, 6) is -0.171. The van der Waals surface area contributed by atoms with Gasteiger partial charge in [0.15, 0.2) is 5.78 Å². The average molecular weight is 313 g/mol. The van der Waals surface area contributed by atoms with Crippen LogP contribution in [-0.2, 0) is 16.0 Å². The smallest absolute Gasteiger partial charge is 0.310 e. The third-order valence-electron chi connectivity index (χ3n) is 2.58. The van der Waals surface area contributed by atoms with E-state index in [9.17, 15) is 9.59 Å². The molecule has 1 rings (SSSR count). The monoisotopic (exact) mass is 312 g/mol. The molecule has 0 bridgehead atoms. The molecule has 0 unspecified atom stereocenters. The lowest BCUT2D eigenvalue weighted by Gasteiger charge is -2.07. The number of esters is 1. The summed E-state index contributed by atoms with van der Waals surface area (Å²) in [5.41, 5.74) is 2.45. The van der Waals surface area contributed by atoms with E-state index < -0.39 is 0 Å². The number of hydrogen-bond acceptors (Lipinski definition) is 3. The second-order valence-electron chi connectivity index (χ2n) is 3.99. The van der Waals surface area contributed by atoms with Crippen molar-refractivity contribution < 1.29 is 14.3 Å². The number of hydrogen-bond donors (Lipinski definition) is 0. The van der Waals surface area contributed by atoms with Crippen molar-refractivity contribution in [3.63, 3.8) is 0 Å². The van der Waals surface area contributed by atoms with E-state index in [1.165, 1.54) is 0 Å². The molecule has 0 fully saturated rings. The van der Waals surface area contributed by atoms with Crippen molar-refractivity contribution in [2.45, 2.75) is 26.7 Å². The number of carbonyl (C=O) groups excluding carboxylic acids is 2. The minimum atomic E-state index is -0.264. The second kappa shape index (κ2) is 7.31. The molecule has 0 saturated carbocycles. The van der Waals surface area contributed by atoms with E-state index in [2.05, 4.69) is 15.9 Å². The highest BCUT2D eigenvalue weighted by atomic mass is 79.9. The van der Waals surface area contributed by atoms with Crippen LogP contribution in [0.25, 0.3) is 0 Å². The van der Waals surface area contributed by atoms with Crippen LogP contribution in [0.4, 0.5) is 0 Å². The predicted molar refractivity (Wildman–Crippen MR) is 74.3 cm³/mol. The summed E-state index contributed by atoms with van der Waals surface area (Å²) in [6.07, 6.45) is 0.673. The fraction of sp³-hybridized carbons (Fsp3) is 0.429. The minimum Gasteiger partial charge on any atom is -0.466 e. The molecule has 0 aliphatic heterocycles. The predicted octanol–water partition coefficient (Wildman–Crippen LogP) is 3.07. The zero-order chi connectivity index (χ0) is 13.5. The average Bonchev–Trinajstić information content (AvgIpc) is 2.32. The summed E-state index contributed by atoms with van der Waals surface area (Å²) >= 11 is 3.26. The Morgan fingerprint density at radius 2 is 2.06 bits per heavy atom. The quantitative estimate of drug-likeness (QED) is 0.460. The third-order valence-corrected chi connectivity index (χ3v) is 2.97. The van der Waals surface area contributed by atoms with Crippen LogP contribution >= 0.6 is 15.9 Å². The number of aryl methyl sites for hydroxylation is 1. The first-order chi connectivity index (χ1) is 8.58. The van der Waals surface area contributed by atoms with E-state index >= 15 is 0 Å². The highest BCUT2D eigenvalue weighted by Gasteiger charge is 2.11. The zero-order valence-electron chi connectivity index (χ0n) is 10.7. The molecule has 0 aliphatic rings. The van der Waals surface area contributed by atoms with E-state index in [1.807, 2.05) is 19.1 Å². The Balaban J connectivity index is 2.86. The second-order valence-corrected chi connectivity index (χ2v) is 4.79. The van der Waals surface area contributed by atoms with Crippen LogP contribution in [0.5, 0.6) is 0 Å². The number of benzene rings is 1. The molecule has 98 valence electrons. The Labute approximate surface area is 116 Å². The van der Waals surface area contributed by atoms with Crippen molar-refractivity contribution in [2.24, 2.45) is 0 Å². The first-order valence-corrected chi connectivity index (χ1v) is 7.05. The summed E-state index contributed by atoms with van der Waals surface area (Å²) in [7, 11) is 0. The van der Waals surface area contributed by atoms with E-state index in [-0.39, 0.29) is 18.2 Å². The molecular weight excluding hydrogens is 296 g/mol. The maximum absolute atomic E-state index is 11.9. The lowest BCUT2D eigenvalue weighted by atomic mass is 9.99. The molecule has 0 heterocycles. The largest absolute Gasteiger partial charge is 0.466 e. The van der Waals surface area contributed by atoms with Gasteiger partial charge in [0, 0.05) is 17.3 Å². The molecule has 0 aromatic heterocycles. The van der Waals surface area contributed by atoms with Gasteiger partial charge in [0.1, 0.15) is 0 Å². The number of rotatable bonds is 6. The zero-order valence-corrected chi connectivity index (χ0v) is 12.2. The van der Waals surface area contributed by atoms with E-state index in [0.29, 0.717) is 23.9 Å². The number of ether oxygens (including phenoxy) is 1. The topological polar surface area (TPSA) is 43.4 Å². The van der Waals surface area contributed by atoms with Crippen molar-refractivity contribution in [1.82, 2.24) is 0 Å². The first-order valence-electron chi connectivity index (χ1n) is 5.92. The van der Waals surface area contributed by atoms with Gasteiger partial charge in [-0.25, -0.2) is 0 Å². The highest BCUT2D eigenvalue weighted by Crippen LogP contribution is 2.15.